The number of ether oxygens (including phenoxy) is 2. The monoisotopic (exact) mass is 383 g/mol. The number of methoxy groups -OCH3 is 2. The summed E-state index contributed by atoms with van der Waals surface area (Å²) in [7, 11) is 3.10. The third kappa shape index (κ3) is 4.57. The molecule has 140 valence electrons. The van der Waals surface area contributed by atoms with E-state index in [4.69, 9.17) is 9.47 Å². The van der Waals surface area contributed by atoms with Crippen LogP contribution in [0.3, 0.4) is 0 Å². The summed E-state index contributed by atoms with van der Waals surface area (Å²) in [5, 5.41) is 8.99. The smallest absolute Gasteiger partial charge is 0.255 e. The van der Waals surface area contributed by atoms with Crippen LogP contribution in [0.25, 0.3) is 11.3 Å². The van der Waals surface area contributed by atoms with Crippen LogP contribution in [-0.4, -0.2) is 31.7 Å². The molecule has 0 spiro atoms. The number of carbonyl (C=O) groups excluding carboxylic acids is 1. The van der Waals surface area contributed by atoms with Gasteiger partial charge in [0.2, 0.25) is 0 Å². The summed E-state index contributed by atoms with van der Waals surface area (Å²) in [6.07, 6.45) is 0. The fourth-order valence-electron chi connectivity index (χ4n) is 2.50. The number of anilines is 2. The molecule has 0 saturated heterocycles. The molecule has 0 unspecified atom stereocenters. The molecule has 1 heterocycles. The van der Waals surface area contributed by atoms with Gasteiger partial charge in [0, 0.05) is 34.8 Å². The molecule has 0 atom stereocenters. The number of aromatic nitrogens is 1. The summed E-state index contributed by atoms with van der Waals surface area (Å²) < 4.78 is 10.4. The summed E-state index contributed by atoms with van der Waals surface area (Å²) in [4.78, 5) is 17.1. The number of nitrogens with one attached hydrogen (secondary N) is 2. The second-order valence-corrected chi connectivity index (χ2v) is 6.56. The number of nitrogens with zero attached hydrogens (tertiary/aromatic N) is 1. The summed E-state index contributed by atoms with van der Waals surface area (Å²) in [5.41, 5.74) is 3.07. The molecule has 2 N–H and O–H groups in total. The van der Waals surface area contributed by atoms with Crippen molar-refractivity contribution in [1.29, 1.82) is 0 Å². The minimum atomic E-state index is -0.233. The highest BCUT2D eigenvalue weighted by Crippen LogP contribution is 2.27. The van der Waals surface area contributed by atoms with Crippen LogP contribution in [0.15, 0.2) is 47.8 Å². The molecule has 0 radical (unpaired) electrons. The van der Waals surface area contributed by atoms with E-state index < -0.39 is 0 Å². The van der Waals surface area contributed by atoms with Crippen molar-refractivity contribution in [2.24, 2.45) is 0 Å². The lowest BCUT2D eigenvalue weighted by molar-refractivity contribution is 0.102. The summed E-state index contributed by atoms with van der Waals surface area (Å²) >= 11 is 1.57. The quantitative estimate of drug-likeness (QED) is 0.628. The largest absolute Gasteiger partial charge is 0.497 e. The van der Waals surface area contributed by atoms with E-state index in [9.17, 15) is 4.79 Å². The molecular formula is C20H21N3O3S. The first-order valence-electron chi connectivity index (χ1n) is 8.47. The minimum Gasteiger partial charge on any atom is -0.497 e. The van der Waals surface area contributed by atoms with E-state index >= 15 is 0 Å². The Balaban J connectivity index is 1.73. The highest BCUT2D eigenvalue weighted by atomic mass is 32.1. The number of rotatable bonds is 7. The fraction of sp³-hybridized carbons (Fsp3) is 0.200. The predicted molar refractivity (Wildman–Crippen MR) is 109 cm³/mol. The van der Waals surface area contributed by atoms with Crippen LogP contribution in [0.2, 0.25) is 0 Å². The fourth-order valence-corrected chi connectivity index (χ4v) is 3.30. The molecule has 27 heavy (non-hydrogen) atoms. The Kier molecular flexibility index (Phi) is 5.93. The number of benzene rings is 2. The number of carbonyl (C=O) groups is 1. The molecule has 6 nitrogen and oxygen atoms in total. The van der Waals surface area contributed by atoms with Gasteiger partial charge in [-0.3, -0.25) is 4.79 Å². The molecule has 0 aliphatic rings. The first-order chi connectivity index (χ1) is 13.1. The Bertz CT molecular complexity index is 900. The number of amides is 1. The van der Waals surface area contributed by atoms with Crippen molar-refractivity contribution in [3.8, 4) is 22.8 Å². The lowest BCUT2D eigenvalue weighted by Crippen LogP contribution is -2.12. The molecule has 1 aromatic heterocycles. The Morgan fingerprint density at radius 3 is 2.33 bits per heavy atom. The average Bonchev–Trinajstić information content (AvgIpc) is 3.17. The van der Waals surface area contributed by atoms with E-state index in [0.717, 1.165) is 22.9 Å². The topological polar surface area (TPSA) is 72.5 Å². The molecule has 7 heteroatoms. The lowest BCUT2D eigenvalue weighted by Gasteiger charge is -2.09. The Morgan fingerprint density at radius 2 is 1.74 bits per heavy atom. The maximum atomic E-state index is 12.5. The van der Waals surface area contributed by atoms with Crippen molar-refractivity contribution in [1.82, 2.24) is 4.98 Å². The van der Waals surface area contributed by atoms with Gasteiger partial charge < -0.3 is 20.1 Å². The minimum absolute atomic E-state index is 0.233. The molecule has 0 saturated carbocycles. The maximum absolute atomic E-state index is 12.5. The van der Waals surface area contributed by atoms with Gasteiger partial charge in [-0.1, -0.05) is 12.1 Å². The maximum Gasteiger partial charge on any atom is 0.255 e. The highest BCUT2D eigenvalue weighted by Gasteiger charge is 2.11. The van der Waals surface area contributed by atoms with Crippen LogP contribution in [-0.2, 0) is 0 Å². The van der Waals surface area contributed by atoms with Gasteiger partial charge in [-0.25, -0.2) is 4.98 Å². The van der Waals surface area contributed by atoms with Crippen LogP contribution in [0.4, 0.5) is 10.8 Å². The van der Waals surface area contributed by atoms with E-state index in [1.165, 1.54) is 0 Å². The van der Waals surface area contributed by atoms with Crippen LogP contribution in [0.5, 0.6) is 11.5 Å². The standard InChI is InChI=1S/C20H21N3O3S/c1-4-21-20-23-18(12-27-20)13-5-7-15(8-6-13)22-19(24)14-9-16(25-2)11-17(10-14)26-3/h5-12H,4H2,1-3H3,(H,21,23)(H,22,24). The van der Waals surface area contributed by atoms with Crippen molar-refractivity contribution in [2.45, 2.75) is 6.92 Å². The molecule has 0 aliphatic carbocycles. The van der Waals surface area contributed by atoms with Gasteiger partial charge in [0.05, 0.1) is 19.9 Å². The van der Waals surface area contributed by atoms with Crippen molar-refractivity contribution < 1.29 is 14.3 Å². The molecule has 3 rings (SSSR count). The van der Waals surface area contributed by atoms with Gasteiger partial charge >= 0.3 is 0 Å². The van der Waals surface area contributed by atoms with E-state index in [1.54, 1.807) is 43.8 Å². The van der Waals surface area contributed by atoms with Gasteiger partial charge in [0.1, 0.15) is 11.5 Å². The highest BCUT2D eigenvalue weighted by molar-refractivity contribution is 7.14. The Hall–Kier alpha value is -3.06. The normalized spacial score (nSPS) is 10.3. The summed E-state index contributed by atoms with van der Waals surface area (Å²) in [6.45, 7) is 2.88. The summed E-state index contributed by atoms with van der Waals surface area (Å²) in [5.74, 6) is 0.896. The van der Waals surface area contributed by atoms with Crippen LogP contribution < -0.4 is 20.1 Å². The van der Waals surface area contributed by atoms with E-state index in [0.29, 0.717) is 22.7 Å². The van der Waals surface area contributed by atoms with Crippen molar-refractivity contribution in [3.05, 3.63) is 53.4 Å². The zero-order valence-corrected chi connectivity index (χ0v) is 16.2. The lowest BCUT2D eigenvalue weighted by atomic mass is 10.1. The van der Waals surface area contributed by atoms with Crippen molar-refractivity contribution >= 4 is 28.1 Å². The number of hydrogen-bond donors (Lipinski definition) is 2. The Morgan fingerprint density at radius 1 is 1.07 bits per heavy atom. The SMILES string of the molecule is CCNc1nc(-c2ccc(NC(=O)c3cc(OC)cc(OC)c3)cc2)cs1. The van der Waals surface area contributed by atoms with E-state index in [-0.39, 0.29) is 5.91 Å². The second kappa shape index (κ2) is 8.55. The second-order valence-electron chi connectivity index (χ2n) is 5.70. The van der Waals surface area contributed by atoms with Gasteiger partial charge in [0.25, 0.3) is 5.91 Å². The molecule has 0 aliphatic heterocycles. The third-order valence-corrected chi connectivity index (χ3v) is 4.68. The molecule has 2 aromatic carbocycles. The van der Waals surface area contributed by atoms with Crippen molar-refractivity contribution in [2.75, 3.05) is 31.4 Å². The van der Waals surface area contributed by atoms with E-state index in [2.05, 4.69) is 15.6 Å². The first kappa shape index (κ1) is 18.7. The van der Waals surface area contributed by atoms with Crippen LogP contribution in [0.1, 0.15) is 17.3 Å². The first-order valence-corrected chi connectivity index (χ1v) is 9.35. The zero-order valence-electron chi connectivity index (χ0n) is 15.4. The molecular weight excluding hydrogens is 362 g/mol. The van der Waals surface area contributed by atoms with Crippen LogP contribution in [0, 0.1) is 0 Å². The average molecular weight is 383 g/mol. The van der Waals surface area contributed by atoms with Gasteiger partial charge in [-0.15, -0.1) is 11.3 Å². The van der Waals surface area contributed by atoms with Gasteiger partial charge in [0.15, 0.2) is 5.13 Å². The van der Waals surface area contributed by atoms with Gasteiger partial charge in [-0.2, -0.15) is 0 Å². The molecule has 0 bridgehead atoms. The zero-order chi connectivity index (χ0) is 19.2. The third-order valence-electron chi connectivity index (χ3n) is 3.88. The van der Waals surface area contributed by atoms with E-state index in [1.807, 2.05) is 36.6 Å². The molecule has 1 amide bonds. The number of thiazole rings is 1. The van der Waals surface area contributed by atoms with Crippen LogP contribution >= 0.6 is 11.3 Å². The molecule has 3 aromatic rings. The summed E-state index contributed by atoms with van der Waals surface area (Å²) in [6, 6.07) is 12.7. The number of hydrogen-bond acceptors (Lipinski definition) is 6. The van der Waals surface area contributed by atoms with Crippen molar-refractivity contribution in [3.63, 3.8) is 0 Å². The predicted octanol–water partition coefficient (Wildman–Crippen LogP) is 4.51. The van der Waals surface area contributed by atoms with Gasteiger partial charge in [-0.05, 0) is 31.2 Å². The Labute approximate surface area is 162 Å². The molecule has 0 fully saturated rings.